The van der Waals surface area contributed by atoms with Crippen molar-refractivity contribution in [2.75, 3.05) is 32.8 Å². The molecule has 0 saturated carbocycles. The average Bonchev–Trinajstić information content (AvgIpc) is 3.47. The van der Waals surface area contributed by atoms with Crippen molar-refractivity contribution in [3.63, 3.8) is 0 Å². The number of carbonyl (C=O) groups is 1. The number of ether oxygens (including phenoxy) is 1. The number of thiophene rings is 1. The third kappa shape index (κ3) is 5.17. The van der Waals surface area contributed by atoms with E-state index < -0.39 is 17.6 Å². The lowest BCUT2D eigenvalue weighted by Gasteiger charge is -2.34. The van der Waals surface area contributed by atoms with E-state index in [2.05, 4.69) is 10.2 Å². The topological polar surface area (TPSA) is 54.7 Å². The van der Waals surface area contributed by atoms with Gasteiger partial charge in [0.1, 0.15) is 5.76 Å². The molecule has 4 rings (SSSR count). The highest BCUT2D eigenvalue weighted by molar-refractivity contribution is 7.10. The van der Waals surface area contributed by atoms with Crippen molar-refractivity contribution in [3.8, 4) is 11.3 Å². The molecule has 3 heterocycles. The number of amides is 1. The molecule has 164 valence electrons. The van der Waals surface area contributed by atoms with E-state index in [1.165, 1.54) is 24.3 Å². The van der Waals surface area contributed by atoms with Crippen LogP contribution in [0.15, 0.2) is 58.3 Å². The van der Waals surface area contributed by atoms with Gasteiger partial charge in [-0.15, -0.1) is 11.3 Å². The van der Waals surface area contributed by atoms with Crippen molar-refractivity contribution in [2.45, 2.75) is 12.2 Å². The third-order valence-electron chi connectivity index (χ3n) is 5.12. The lowest BCUT2D eigenvalue weighted by Crippen LogP contribution is -2.43. The van der Waals surface area contributed by atoms with Crippen LogP contribution in [0.5, 0.6) is 0 Å². The molecule has 1 atom stereocenters. The van der Waals surface area contributed by atoms with Crippen LogP contribution in [-0.2, 0) is 10.9 Å². The molecule has 0 unspecified atom stereocenters. The minimum Gasteiger partial charge on any atom is -0.451 e. The fraction of sp³-hybridized carbons (Fsp3) is 0.318. The first-order chi connectivity index (χ1) is 14.9. The van der Waals surface area contributed by atoms with Crippen LogP contribution in [0.4, 0.5) is 13.2 Å². The number of morpholine rings is 1. The van der Waals surface area contributed by atoms with Crippen LogP contribution < -0.4 is 5.32 Å². The van der Waals surface area contributed by atoms with Crippen LogP contribution in [0.2, 0.25) is 0 Å². The summed E-state index contributed by atoms with van der Waals surface area (Å²) in [6.45, 7) is 3.24. The maximum Gasteiger partial charge on any atom is 0.416 e. The molecule has 2 aromatic heterocycles. The monoisotopic (exact) mass is 450 g/mol. The Morgan fingerprint density at radius 2 is 1.94 bits per heavy atom. The van der Waals surface area contributed by atoms with Crippen LogP contribution in [-0.4, -0.2) is 43.7 Å². The zero-order chi connectivity index (χ0) is 21.8. The van der Waals surface area contributed by atoms with E-state index in [0.717, 1.165) is 30.1 Å². The number of carbonyl (C=O) groups excluding carboxylic acids is 1. The van der Waals surface area contributed by atoms with Crippen molar-refractivity contribution in [1.29, 1.82) is 0 Å². The van der Waals surface area contributed by atoms with Crippen LogP contribution >= 0.6 is 11.3 Å². The van der Waals surface area contributed by atoms with Crippen LogP contribution in [0.1, 0.15) is 27.0 Å². The molecule has 1 aromatic carbocycles. The smallest absolute Gasteiger partial charge is 0.416 e. The van der Waals surface area contributed by atoms with Gasteiger partial charge in [-0.05, 0) is 35.7 Å². The molecule has 1 aliphatic heterocycles. The number of hydrogen-bond donors (Lipinski definition) is 1. The minimum absolute atomic E-state index is 0.0192. The Bertz CT molecular complexity index is 1010. The first-order valence-corrected chi connectivity index (χ1v) is 10.7. The van der Waals surface area contributed by atoms with Gasteiger partial charge in [-0.2, -0.15) is 13.2 Å². The molecular weight excluding hydrogens is 429 g/mol. The summed E-state index contributed by atoms with van der Waals surface area (Å²) >= 11 is 1.63. The highest BCUT2D eigenvalue weighted by atomic mass is 32.1. The summed E-state index contributed by atoms with van der Waals surface area (Å²) in [5.41, 5.74) is -0.504. The first kappa shape index (κ1) is 21.6. The maximum absolute atomic E-state index is 13.0. The number of hydrogen-bond acceptors (Lipinski definition) is 5. The summed E-state index contributed by atoms with van der Waals surface area (Å²) in [5, 5.41) is 4.90. The van der Waals surface area contributed by atoms with Gasteiger partial charge >= 0.3 is 6.18 Å². The third-order valence-corrected chi connectivity index (χ3v) is 6.09. The Labute approximate surface area is 181 Å². The Balaban J connectivity index is 1.45. The lowest BCUT2D eigenvalue weighted by atomic mass is 10.1. The van der Waals surface area contributed by atoms with Gasteiger partial charge in [0, 0.05) is 30.1 Å². The normalized spacial score (nSPS) is 16.2. The number of furan rings is 1. The van der Waals surface area contributed by atoms with Gasteiger partial charge in [0.05, 0.1) is 24.8 Å². The molecule has 0 spiro atoms. The van der Waals surface area contributed by atoms with Crippen molar-refractivity contribution >= 4 is 17.2 Å². The van der Waals surface area contributed by atoms with E-state index in [9.17, 15) is 18.0 Å². The number of halogens is 3. The molecule has 1 saturated heterocycles. The van der Waals surface area contributed by atoms with E-state index in [-0.39, 0.29) is 23.1 Å². The van der Waals surface area contributed by atoms with Crippen molar-refractivity contribution in [3.05, 3.63) is 70.1 Å². The molecule has 1 amide bonds. The van der Waals surface area contributed by atoms with E-state index in [0.29, 0.717) is 19.8 Å². The fourth-order valence-corrected chi connectivity index (χ4v) is 4.38. The van der Waals surface area contributed by atoms with Gasteiger partial charge in [-0.25, -0.2) is 0 Å². The Morgan fingerprint density at radius 1 is 1.13 bits per heavy atom. The van der Waals surface area contributed by atoms with E-state index >= 15 is 0 Å². The van der Waals surface area contributed by atoms with Crippen molar-refractivity contribution < 1.29 is 27.1 Å². The zero-order valence-corrected chi connectivity index (χ0v) is 17.3. The van der Waals surface area contributed by atoms with E-state index in [1.807, 2.05) is 17.5 Å². The predicted molar refractivity (Wildman–Crippen MR) is 111 cm³/mol. The molecule has 0 aliphatic carbocycles. The molecule has 1 N–H and O–H groups in total. The second-order valence-electron chi connectivity index (χ2n) is 7.13. The van der Waals surface area contributed by atoms with Crippen molar-refractivity contribution in [1.82, 2.24) is 10.2 Å². The van der Waals surface area contributed by atoms with Crippen LogP contribution in [0, 0.1) is 0 Å². The standard InChI is InChI=1S/C22H21F3N2O3S/c23-22(24,25)16-4-1-3-15(13-16)18-6-7-19(30-18)21(28)26-14-17(20-5-2-12-31-20)27-8-10-29-11-9-27/h1-7,12-13,17H,8-11,14H2,(H,26,28)/t17-/m1/s1. The van der Waals surface area contributed by atoms with Gasteiger partial charge in [-0.1, -0.05) is 18.2 Å². The van der Waals surface area contributed by atoms with Gasteiger partial charge in [-0.3, -0.25) is 9.69 Å². The Morgan fingerprint density at radius 3 is 2.65 bits per heavy atom. The summed E-state index contributed by atoms with van der Waals surface area (Å²) in [6, 6.07) is 11.8. The molecule has 1 aliphatic rings. The van der Waals surface area contributed by atoms with Crippen LogP contribution in [0.3, 0.4) is 0 Å². The summed E-state index contributed by atoms with van der Waals surface area (Å²) < 4.78 is 49.9. The zero-order valence-electron chi connectivity index (χ0n) is 16.5. The summed E-state index contributed by atoms with van der Waals surface area (Å²) in [5.74, 6) is -0.147. The molecule has 0 bridgehead atoms. The largest absolute Gasteiger partial charge is 0.451 e. The molecule has 9 heteroatoms. The fourth-order valence-electron chi connectivity index (χ4n) is 3.52. The molecule has 5 nitrogen and oxygen atoms in total. The summed E-state index contributed by atoms with van der Waals surface area (Å²) in [4.78, 5) is 16.1. The number of rotatable bonds is 6. The number of nitrogens with zero attached hydrogens (tertiary/aromatic N) is 1. The lowest BCUT2D eigenvalue weighted by molar-refractivity contribution is -0.137. The summed E-state index contributed by atoms with van der Waals surface area (Å²) in [7, 11) is 0. The quantitative estimate of drug-likeness (QED) is 0.585. The number of nitrogens with one attached hydrogen (secondary N) is 1. The van der Waals surface area contributed by atoms with Crippen molar-refractivity contribution in [2.24, 2.45) is 0 Å². The average molecular weight is 450 g/mol. The second-order valence-corrected chi connectivity index (χ2v) is 8.11. The van der Waals surface area contributed by atoms with E-state index in [1.54, 1.807) is 11.3 Å². The highest BCUT2D eigenvalue weighted by Gasteiger charge is 2.31. The predicted octanol–water partition coefficient (Wildman–Crippen LogP) is 4.83. The molecule has 3 aromatic rings. The van der Waals surface area contributed by atoms with E-state index in [4.69, 9.17) is 9.15 Å². The van der Waals surface area contributed by atoms with Gasteiger partial charge in [0.25, 0.3) is 5.91 Å². The SMILES string of the molecule is O=C(NC[C@H](c1cccs1)N1CCOCC1)c1ccc(-c2cccc(C(F)(F)F)c2)o1. The van der Waals surface area contributed by atoms with Gasteiger partial charge in [0.2, 0.25) is 0 Å². The summed E-state index contributed by atoms with van der Waals surface area (Å²) in [6.07, 6.45) is -4.45. The number of benzene rings is 1. The minimum atomic E-state index is -4.45. The van der Waals surface area contributed by atoms with Crippen LogP contribution in [0.25, 0.3) is 11.3 Å². The molecule has 0 radical (unpaired) electrons. The Hall–Kier alpha value is -2.62. The Kier molecular flexibility index (Phi) is 6.45. The first-order valence-electron chi connectivity index (χ1n) is 9.83. The molecule has 31 heavy (non-hydrogen) atoms. The molecule has 1 fully saturated rings. The highest BCUT2D eigenvalue weighted by Crippen LogP contribution is 2.32. The van der Waals surface area contributed by atoms with Gasteiger partial charge < -0.3 is 14.5 Å². The second kappa shape index (κ2) is 9.25. The maximum atomic E-state index is 13.0. The number of alkyl halides is 3. The molecular formula is C22H21F3N2O3S. The van der Waals surface area contributed by atoms with Gasteiger partial charge in [0.15, 0.2) is 5.76 Å².